The van der Waals surface area contributed by atoms with Gasteiger partial charge in [0, 0.05) is 0 Å². The van der Waals surface area contributed by atoms with Crippen LogP contribution in [0.15, 0.2) is 36.4 Å². The van der Waals surface area contributed by atoms with Gasteiger partial charge >= 0.3 is 0 Å². The zero-order valence-electron chi connectivity index (χ0n) is 10.9. The number of fused-ring (bicyclic) bond motifs is 1. The molecule has 0 saturated carbocycles. The Morgan fingerprint density at radius 3 is 2.65 bits per heavy atom. The zero-order chi connectivity index (χ0) is 14.3. The van der Waals surface area contributed by atoms with Crippen LogP contribution in [0.5, 0.6) is 0 Å². The number of benzene rings is 2. The molecule has 5 heteroatoms. The van der Waals surface area contributed by atoms with Crippen LogP contribution in [0.3, 0.4) is 0 Å². The molecule has 0 saturated heterocycles. The number of nitrogen functional groups attached to an aromatic ring is 1. The molecule has 2 aromatic carbocycles. The van der Waals surface area contributed by atoms with E-state index in [-0.39, 0.29) is 0 Å². The van der Waals surface area contributed by atoms with Crippen LogP contribution in [-0.4, -0.2) is 9.55 Å². The second kappa shape index (κ2) is 4.59. The molecule has 0 aliphatic heterocycles. The van der Waals surface area contributed by atoms with Gasteiger partial charge in [-0.05, 0) is 42.3 Å². The Labute approximate surface area is 114 Å². The molecule has 0 atom stereocenters. The second-order valence-electron chi connectivity index (χ2n) is 4.80. The van der Waals surface area contributed by atoms with Gasteiger partial charge in [-0.2, -0.15) is 0 Å². The van der Waals surface area contributed by atoms with Crippen molar-refractivity contribution in [2.24, 2.45) is 0 Å². The molecule has 2 N–H and O–H groups in total. The third-order valence-corrected chi connectivity index (χ3v) is 3.26. The van der Waals surface area contributed by atoms with Gasteiger partial charge in [-0.3, -0.25) is 0 Å². The lowest BCUT2D eigenvalue weighted by atomic mass is 10.2. The molecule has 0 aliphatic rings. The number of rotatable bonds is 2. The molecule has 0 radical (unpaired) electrons. The summed E-state index contributed by atoms with van der Waals surface area (Å²) in [7, 11) is 0. The first-order chi connectivity index (χ1) is 9.54. The lowest BCUT2D eigenvalue weighted by Gasteiger charge is -2.07. The SMILES string of the molecule is Cc1ccc2c(c1)nc(N)n2Cc1ccc(F)c(F)c1. The number of aromatic nitrogens is 2. The van der Waals surface area contributed by atoms with E-state index in [1.807, 2.05) is 25.1 Å². The summed E-state index contributed by atoms with van der Waals surface area (Å²) >= 11 is 0. The molecule has 3 nitrogen and oxygen atoms in total. The van der Waals surface area contributed by atoms with Crippen LogP contribution >= 0.6 is 0 Å². The Kier molecular flexibility index (Phi) is 2.89. The predicted octanol–water partition coefficient (Wildman–Crippen LogP) is 3.25. The van der Waals surface area contributed by atoms with Crippen molar-refractivity contribution in [3.63, 3.8) is 0 Å². The molecule has 1 heterocycles. The quantitative estimate of drug-likeness (QED) is 0.779. The highest BCUT2D eigenvalue weighted by Gasteiger charge is 2.10. The second-order valence-corrected chi connectivity index (χ2v) is 4.80. The molecule has 0 unspecified atom stereocenters. The fourth-order valence-corrected chi connectivity index (χ4v) is 2.25. The summed E-state index contributed by atoms with van der Waals surface area (Å²) in [6.07, 6.45) is 0. The molecule has 0 fully saturated rings. The van der Waals surface area contributed by atoms with Gasteiger partial charge in [0.1, 0.15) is 0 Å². The molecular weight excluding hydrogens is 260 g/mol. The number of imidazole rings is 1. The standard InChI is InChI=1S/C15H13F2N3/c1-9-2-5-14-13(6-9)19-15(18)20(14)8-10-3-4-11(16)12(17)7-10/h2-7H,8H2,1H3,(H2,18,19). The average molecular weight is 273 g/mol. The summed E-state index contributed by atoms with van der Waals surface area (Å²) < 4.78 is 28.0. The van der Waals surface area contributed by atoms with Crippen LogP contribution in [-0.2, 0) is 6.54 Å². The van der Waals surface area contributed by atoms with Gasteiger partial charge < -0.3 is 10.3 Å². The van der Waals surface area contributed by atoms with Gasteiger partial charge in [0.15, 0.2) is 11.6 Å². The van der Waals surface area contributed by atoms with Crippen LogP contribution in [0, 0.1) is 18.6 Å². The van der Waals surface area contributed by atoms with Crippen molar-refractivity contribution in [1.82, 2.24) is 9.55 Å². The van der Waals surface area contributed by atoms with Gasteiger partial charge in [0.05, 0.1) is 17.6 Å². The summed E-state index contributed by atoms with van der Waals surface area (Å²) in [5, 5.41) is 0. The lowest BCUT2D eigenvalue weighted by molar-refractivity contribution is 0.506. The number of nitrogens with zero attached hydrogens (tertiary/aromatic N) is 2. The van der Waals surface area contributed by atoms with Crippen molar-refractivity contribution in [3.05, 3.63) is 59.2 Å². The molecule has 0 amide bonds. The Morgan fingerprint density at radius 1 is 1.10 bits per heavy atom. The topological polar surface area (TPSA) is 43.8 Å². The van der Waals surface area contributed by atoms with E-state index < -0.39 is 11.6 Å². The van der Waals surface area contributed by atoms with Gasteiger partial charge in [0.2, 0.25) is 5.95 Å². The van der Waals surface area contributed by atoms with Crippen LogP contribution in [0.4, 0.5) is 14.7 Å². The average Bonchev–Trinajstić information content (AvgIpc) is 2.69. The van der Waals surface area contributed by atoms with E-state index in [0.717, 1.165) is 22.7 Å². The molecule has 0 aliphatic carbocycles. The predicted molar refractivity (Wildman–Crippen MR) is 74.3 cm³/mol. The summed E-state index contributed by atoms with van der Waals surface area (Å²) in [5.74, 6) is -1.36. The fourth-order valence-electron chi connectivity index (χ4n) is 2.25. The van der Waals surface area contributed by atoms with Gasteiger partial charge in [-0.25, -0.2) is 13.8 Å². The van der Waals surface area contributed by atoms with E-state index in [1.54, 1.807) is 4.57 Å². The molecule has 1 aromatic heterocycles. The Balaban J connectivity index is 2.05. The highest BCUT2D eigenvalue weighted by Crippen LogP contribution is 2.21. The van der Waals surface area contributed by atoms with E-state index in [9.17, 15) is 8.78 Å². The summed E-state index contributed by atoms with van der Waals surface area (Å²) in [6.45, 7) is 2.33. The first-order valence-electron chi connectivity index (χ1n) is 6.21. The van der Waals surface area contributed by atoms with Crippen molar-refractivity contribution >= 4 is 17.0 Å². The third-order valence-electron chi connectivity index (χ3n) is 3.26. The third kappa shape index (κ3) is 2.11. The first-order valence-corrected chi connectivity index (χ1v) is 6.21. The molecule has 3 aromatic rings. The van der Waals surface area contributed by atoms with Gasteiger partial charge in [-0.15, -0.1) is 0 Å². The maximum absolute atomic E-state index is 13.2. The van der Waals surface area contributed by atoms with E-state index in [0.29, 0.717) is 18.1 Å². The van der Waals surface area contributed by atoms with Crippen LogP contribution in [0.25, 0.3) is 11.0 Å². The normalized spacial score (nSPS) is 11.2. The summed E-state index contributed by atoms with van der Waals surface area (Å²) in [6, 6.07) is 9.66. The number of aryl methyl sites for hydroxylation is 1. The molecule has 0 bridgehead atoms. The number of hydrogen-bond donors (Lipinski definition) is 1. The zero-order valence-corrected chi connectivity index (χ0v) is 10.9. The summed E-state index contributed by atoms with van der Waals surface area (Å²) in [4.78, 5) is 4.28. The minimum absolute atomic E-state index is 0.350. The lowest BCUT2D eigenvalue weighted by Crippen LogP contribution is -2.05. The number of anilines is 1. The Hall–Kier alpha value is -2.43. The van der Waals surface area contributed by atoms with Gasteiger partial charge in [-0.1, -0.05) is 12.1 Å². The van der Waals surface area contributed by atoms with E-state index in [2.05, 4.69) is 4.98 Å². The molecule has 102 valence electrons. The molecule has 0 spiro atoms. The highest BCUT2D eigenvalue weighted by molar-refractivity contribution is 5.79. The van der Waals surface area contributed by atoms with Crippen molar-refractivity contribution < 1.29 is 8.78 Å². The number of halogens is 2. The van der Waals surface area contributed by atoms with E-state index >= 15 is 0 Å². The van der Waals surface area contributed by atoms with E-state index in [1.165, 1.54) is 12.1 Å². The van der Waals surface area contributed by atoms with Crippen LogP contribution < -0.4 is 5.73 Å². The minimum Gasteiger partial charge on any atom is -0.369 e. The molecule has 20 heavy (non-hydrogen) atoms. The fraction of sp³-hybridized carbons (Fsp3) is 0.133. The van der Waals surface area contributed by atoms with Crippen molar-refractivity contribution in [1.29, 1.82) is 0 Å². The first kappa shape index (κ1) is 12.6. The Morgan fingerprint density at radius 2 is 1.90 bits per heavy atom. The maximum Gasteiger partial charge on any atom is 0.201 e. The van der Waals surface area contributed by atoms with E-state index in [4.69, 9.17) is 5.73 Å². The van der Waals surface area contributed by atoms with Crippen molar-refractivity contribution in [2.45, 2.75) is 13.5 Å². The van der Waals surface area contributed by atoms with Crippen LogP contribution in [0.2, 0.25) is 0 Å². The largest absolute Gasteiger partial charge is 0.369 e. The summed E-state index contributed by atoms with van der Waals surface area (Å²) in [5.41, 5.74) is 9.30. The minimum atomic E-state index is -0.860. The van der Waals surface area contributed by atoms with Crippen molar-refractivity contribution in [2.75, 3.05) is 5.73 Å². The number of hydrogen-bond acceptors (Lipinski definition) is 2. The Bertz CT molecular complexity index is 793. The smallest absolute Gasteiger partial charge is 0.201 e. The van der Waals surface area contributed by atoms with Gasteiger partial charge in [0.25, 0.3) is 0 Å². The number of nitrogens with two attached hydrogens (primary N) is 1. The highest BCUT2D eigenvalue weighted by atomic mass is 19.2. The maximum atomic E-state index is 13.2. The monoisotopic (exact) mass is 273 g/mol. The molecular formula is C15H13F2N3. The van der Waals surface area contributed by atoms with Crippen LogP contribution in [0.1, 0.15) is 11.1 Å². The van der Waals surface area contributed by atoms with Crippen molar-refractivity contribution in [3.8, 4) is 0 Å². The molecule has 3 rings (SSSR count).